The van der Waals surface area contributed by atoms with Gasteiger partial charge in [0.15, 0.2) is 0 Å². The molecule has 10 heteroatoms. The maximum absolute atomic E-state index is 12.2. The summed E-state index contributed by atoms with van der Waals surface area (Å²) in [6, 6.07) is 23.7. The Labute approximate surface area is 252 Å². The Hall–Kier alpha value is -3.96. The largest absolute Gasteiger partial charge is 0.491 e. The molecule has 0 unspecified atom stereocenters. The number of ether oxygens (including phenoxy) is 6. The lowest BCUT2D eigenvalue weighted by Gasteiger charge is -2.14. The normalized spacial score (nSPS) is 11.9. The zero-order chi connectivity index (χ0) is 30.1. The van der Waals surface area contributed by atoms with Gasteiger partial charge >= 0.3 is 6.09 Å². The second-order valence-electron chi connectivity index (χ2n) is 9.76. The number of carbonyl (C=O) groups is 2. The van der Waals surface area contributed by atoms with E-state index in [0.29, 0.717) is 71.8 Å². The molecule has 230 valence electrons. The summed E-state index contributed by atoms with van der Waals surface area (Å²) in [6.45, 7) is 6.05. The molecule has 0 heterocycles. The van der Waals surface area contributed by atoms with Gasteiger partial charge < -0.3 is 39.1 Å². The Morgan fingerprint density at radius 3 is 1.72 bits per heavy atom. The molecule has 0 saturated heterocycles. The fourth-order valence-electron chi connectivity index (χ4n) is 4.69. The third kappa shape index (κ3) is 10.7. The van der Waals surface area contributed by atoms with Crippen LogP contribution in [-0.4, -0.2) is 84.6 Å². The van der Waals surface area contributed by atoms with E-state index in [9.17, 15) is 9.59 Å². The standard InChI is InChI=1S/C33H40N2O8/c1-25(36)35-26-10-12-27(13-11-26)42-23-22-41-21-20-40-19-18-39-17-16-38-15-14-34-33(37)43-24-32-30-8-4-2-6-28(30)29-7-3-5-9-31(29)32/h2-13,32H,14-24H2,1H3,(H,34,37)(H,35,36). The first-order valence-electron chi connectivity index (χ1n) is 14.5. The summed E-state index contributed by atoms with van der Waals surface area (Å²) in [4.78, 5) is 23.2. The van der Waals surface area contributed by atoms with Crippen LogP contribution >= 0.6 is 0 Å². The molecule has 0 spiro atoms. The predicted octanol–water partition coefficient (Wildman–Crippen LogP) is 4.63. The number of hydrogen-bond acceptors (Lipinski definition) is 8. The van der Waals surface area contributed by atoms with Crippen molar-refractivity contribution in [2.75, 3.05) is 77.9 Å². The summed E-state index contributed by atoms with van der Waals surface area (Å²) in [6.07, 6.45) is -0.454. The SMILES string of the molecule is CC(=O)Nc1ccc(OCCOCCOCCOCCOCCNC(=O)OCC2c3ccccc3-c3ccccc32)cc1. The molecule has 3 aromatic carbocycles. The molecule has 2 N–H and O–H groups in total. The highest BCUT2D eigenvalue weighted by Crippen LogP contribution is 2.44. The lowest BCUT2D eigenvalue weighted by atomic mass is 9.98. The topological polar surface area (TPSA) is 114 Å². The van der Waals surface area contributed by atoms with Gasteiger partial charge in [-0.2, -0.15) is 0 Å². The average molecular weight is 593 g/mol. The molecule has 0 aromatic heterocycles. The van der Waals surface area contributed by atoms with Crippen molar-refractivity contribution in [1.82, 2.24) is 5.32 Å². The van der Waals surface area contributed by atoms with Crippen molar-refractivity contribution in [2.24, 2.45) is 0 Å². The van der Waals surface area contributed by atoms with Crippen LogP contribution in [0.2, 0.25) is 0 Å². The average Bonchev–Trinajstić information content (AvgIpc) is 3.34. The van der Waals surface area contributed by atoms with E-state index < -0.39 is 6.09 Å². The Morgan fingerprint density at radius 2 is 1.16 bits per heavy atom. The first-order valence-corrected chi connectivity index (χ1v) is 14.5. The van der Waals surface area contributed by atoms with Gasteiger partial charge in [-0.3, -0.25) is 4.79 Å². The van der Waals surface area contributed by atoms with Gasteiger partial charge in [-0.1, -0.05) is 48.5 Å². The number of benzene rings is 3. The highest BCUT2D eigenvalue weighted by atomic mass is 16.6. The third-order valence-corrected chi connectivity index (χ3v) is 6.65. The van der Waals surface area contributed by atoms with Gasteiger partial charge in [0.1, 0.15) is 19.0 Å². The molecule has 1 aliphatic rings. The van der Waals surface area contributed by atoms with E-state index in [-0.39, 0.29) is 18.4 Å². The van der Waals surface area contributed by atoms with Crippen LogP contribution in [0.3, 0.4) is 0 Å². The molecule has 0 bridgehead atoms. The number of hydrogen-bond donors (Lipinski definition) is 2. The minimum atomic E-state index is -0.454. The van der Waals surface area contributed by atoms with Gasteiger partial charge in [-0.05, 0) is 46.5 Å². The number of anilines is 1. The first-order chi connectivity index (χ1) is 21.1. The van der Waals surface area contributed by atoms with E-state index in [0.717, 1.165) is 5.69 Å². The summed E-state index contributed by atoms with van der Waals surface area (Å²) in [5.41, 5.74) is 5.50. The smallest absolute Gasteiger partial charge is 0.407 e. The van der Waals surface area contributed by atoms with Crippen LogP contribution in [0.25, 0.3) is 11.1 Å². The lowest BCUT2D eigenvalue weighted by molar-refractivity contribution is -0.114. The van der Waals surface area contributed by atoms with Crippen LogP contribution < -0.4 is 15.4 Å². The van der Waals surface area contributed by atoms with E-state index in [1.165, 1.54) is 29.2 Å². The molecular weight excluding hydrogens is 552 g/mol. The van der Waals surface area contributed by atoms with Gasteiger partial charge in [0.25, 0.3) is 0 Å². The van der Waals surface area contributed by atoms with Crippen molar-refractivity contribution in [3.8, 4) is 16.9 Å². The molecule has 0 aliphatic heterocycles. The molecule has 0 saturated carbocycles. The summed E-state index contributed by atoms with van der Waals surface area (Å²) in [5.74, 6) is 0.637. The van der Waals surface area contributed by atoms with Gasteiger partial charge in [-0.25, -0.2) is 4.79 Å². The fraction of sp³-hybridized carbons (Fsp3) is 0.394. The molecule has 0 radical (unpaired) electrons. The van der Waals surface area contributed by atoms with Crippen LogP contribution in [-0.2, 0) is 28.5 Å². The predicted molar refractivity (Wildman–Crippen MR) is 163 cm³/mol. The number of alkyl carbamates (subject to hydrolysis) is 1. The van der Waals surface area contributed by atoms with Crippen LogP contribution in [0.1, 0.15) is 24.0 Å². The number of fused-ring (bicyclic) bond motifs is 3. The van der Waals surface area contributed by atoms with E-state index in [2.05, 4.69) is 34.9 Å². The summed E-state index contributed by atoms with van der Waals surface area (Å²) < 4.78 is 33.1. The fourth-order valence-corrected chi connectivity index (χ4v) is 4.69. The van der Waals surface area contributed by atoms with E-state index in [4.69, 9.17) is 28.4 Å². The van der Waals surface area contributed by atoms with E-state index >= 15 is 0 Å². The second-order valence-corrected chi connectivity index (χ2v) is 9.76. The van der Waals surface area contributed by atoms with Crippen LogP contribution in [0, 0.1) is 0 Å². The van der Waals surface area contributed by atoms with Crippen molar-refractivity contribution < 1.29 is 38.0 Å². The van der Waals surface area contributed by atoms with E-state index in [1.807, 2.05) is 24.3 Å². The monoisotopic (exact) mass is 592 g/mol. The molecule has 1 aliphatic carbocycles. The van der Waals surface area contributed by atoms with Gasteiger partial charge in [0, 0.05) is 25.1 Å². The second kappa shape index (κ2) is 17.9. The summed E-state index contributed by atoms with van der Waals surface area (Å²) >= 11 is 0. The molecule has 0 atom stereocenters. The Bertz CT molecular complexity index is 1240. The zero-order valence-electron chi connectivity index (χ0n) is 24.5. The van der Waals surface area contributed by atoms with Crippen molar-refractivity contribution in [1.29, 1.82) is 0 Å². The summed E-state index contributed by atoms with van der Waals surface area (Å²) in [7, 11) is 0. The van der Waals surface area contributed by atoms with Crippen LogP contribution in [0.15, 0.2) is 72.8 Å². The molecule has 0 fully saturated rings. The minimum Gasteiger partial charge on any atom is -0.491 e. The first kappa shape index (κ1) is 32.0. The third-order valence-electron chi connectivity index (χ3n) is 6.65. The van der Waals surface area contributed by atoms with Crippen molar-refractivity contribution in [2.45, 2.75) is 12.8 Å². The lowest BCUT2D eigenvalue weighted by Crippen LogP contribution is -2.29. The number of nitrogens with one attached hydrogen (secondary N) is 2. The van der Waals surface area contributed by atoms with Gasteiger partial charge in [0.2, 0.25) is 5.91 Å². The van der Waals surface area contributed by atoms with Crippen molar-refractivity contribution >= 4 is 17.7 Å². The van der Waals surface area contributed by atoms with Crippen LogP contribution in [0.5, 0.6) is 5.75 Å². The molecule has 3 aromatic rings. The Balaban J connectivity index is 0.917. The van der Waals surface area contributed by atoms with Crippen LogP contribution in [0.4, 0.5) is 10.5 Å². The highest BCUT2D eigenvalue weighted by Gasteiger charge is 2.28. The zero-order valence-corrected chi connectivity index (χ0v) is 24.5. The van der Waals surface area contributed by atoms with E-state index in [1.54, 1.807) is 24.3 Å². The molecule has 4 rings (SSSR count). The summed E-state index contributed by atoms with van der Waals surface area (Å²) in [5, 5.41) is 5.44. The Kier molecular flexibility index (Phi) is 13.3. The van der Waals surface area contributed by atoms with Gasteiger partial charge in [-0.15, -0.1) is 0 Å². The maximum Gasteiger partial charge on any atom is 0.407 e. The number of amides is 2. The highest BCUT2D eigenvalue weighted by molar-refractivity contribution is 5.88. The quantitative estimate of drug-likeness (QED) is 0.194. The molecule has 43 heavy (non-hydrogen) atoms. The molecular formula is C33H40N2O8. The maximum atomic E-state index is 12.2. The van der Waals surface area contributed by atoms with Gasteiger partial charge in [0.05, 0.1) is 52.9 Å². The molecule has 2 amide bonds. The van der Waals surface area contributed by atoms with Crippen molar-refractivity contribution in [3.05, 3.63) is 83.9 Å². The Morgan fingerprint density at radius 1 is 0.651 bits per heavy atom. The number of carbonyl (C=O) groups excluding carboxylic acids is 2. The number of rotatable bonds is 19. The molecule has 10 nitrogen and oxygen atoms in total. The minimum absolute atomic E-state index is 0.0382. The van der Waals surface area contributed by atoms with Crippen molar-refractivity contribution in [3.63, 3.8) is 0 Å².